The molecular weight excluding hydrogens is 307 g/mol. The van der Waals surface area contributed by atoms with E-state index in [-0.39, 0.29) is 11.3 Å². The maximum absolute atomic E-state index is 12.6. The summed E-state index contributed by atoms with van der Waals surface area (Å²) in [5.74, 6) is -0.928. The molecule has 0 amide bonds. The Morgan fingerprint density at radius 3 is 2.59 bits per heavy atom. The molecule has 22 heavy (non-hydrogen) atoms. The second kappa shape index (κ2) is 5.47. The maximum atomic E-state index is 12.6. The molecule has 0 aliphatic rings. The first-order valence-corrected chi connectivity index (χ1v) is 5.73. The summed E-state index contributed by atoms with van der Waals surface area (Å²) in [5, 5.41) is 14.3. The molecule has 0 aliphatic carbocycles. The summed E-state index contributed by atoms with van der Waals surface area (Å²) < 4.78 is 43.0. The number of methoxy groups -OCH3 is 1. The Balaban J connectivity index is 2.57. The van der Waals surface area contributed by atoms with Crippen molar-refractivity contribution in [2.75, 3.05) is 7.11 Å². The minimum Gasteiger partial charge on any atom is -0.465 e. The molecule has 0 fully saturated rings. The molecule has 0 saturated heterocycles. The maximum Gasteiger partial charge on any atom is 0.419 e. The molecule has 2 aromatic rings. The van der Waals surface area contributed by atoms with Gasteiger partial charge in [-0.3, -0.25) is 10.1 Å². The lowest BCUT2D eigenvalue weighted by molar-refractivity contribution is -0.384. The minimum atomic E-state index is -4.59. The van der Waals surface area contributed by atoms with Crippen molar-refractivity contribution in [3.63, 3.8) is 0 Å². The highest BCUT2D eigenvalue weighted by atomic mass is 19.4. The molecular formula is C12H8F3N3O4. The number of benzene rings is 1. The number of aromatic nitrogens is 2. The van der Waals surface area contributed by atoms with Crippen molar-refractivity contribution >= 4 is 11.7 Å². The zero-order chi connectivity index (χ0) is 16.5. The van der Waals surface area contributed by atoms with Gasteiger partial charge >= 0.3 is 12.1 Å². The lowest BCUT2D eigenvalue weighted by atomic mass is 10.1. The third kappa shape index (κ3) is 2.90. The third-order valence-corrected chi connectivity index (χ3v) is 2.75. The summed E-state index contributed by atoms with van der Waals surface area (Å²) in [6.07, 6.45) is -3.33. The SMILES string of the molecule is COC(=O)c1cc([N+](=O)[O-])ccc1-n1cc(C(F)(F)F)cn1. The molecule has 1 aromatic carbocycles. The van der Waals surface area contributed by atoms with Crippen LogP contribution in [0.1, 0.15) is 15.9 Å². The fourth-order valence-corrected chi connectivity index (χ4v) is 1.71. The number of non-ortho nitro benzene ring substituents is 1. The Morgan fingerprint density at radius 1 is 1.41 bits per heavy atom. The second-order valence-corrected chi connectivity index (χ2v) is 4.12. The fraction of sp³-hybridized carbons (Fsp3) is 0.167. The van der Waals surface area contributed by atoms with Gasteiger partial charge in [-0.25, -0.2) is 9.48 Å². The molecule has 0 spiro atoms. The number of alkyl halides is 3. The summed E-state index contributed by atoms with van der Waals surface area (Å²) in [4.78, 5) is 21.7. The van der Waals surface area contributed by atoms with Crippen LogP contribution >= 0.6 is 0 Å². The molecule has 7 nitrogen and oxygen atoms in total. The first-order valence-electron chi connectivity index (χ1n) is 5.73. The summed E-state index contributed by atoms with van der Waals surface area (Å²) in [5.41, 5.74) is -1.74. The van der Waals surface area contributed by atoms with Crippen LogP contribution in [0.25, 0.3) is 5.69 Å². The average molecular weight is 315 g/mol. The number of carbonyl (C=O) groups is 1. The van der Waals surface area contributed by atoms with E-state index in [4.69, 9.17) is 0 Å². The number of nitrogens with zero attached hydrogens (tertiary/aromatic N) is 3. The summed E-state index contributed by atoms with van der Waals surface area (Å²) in [6, 6.07) is 3.09. The van der Waals surface area contributed by atoms with Crippen LogP contribution in [0, 0.1) is 10.1 Å². The Morgan fingerprint density at radius 2 is 2.09 bits per heavy atom. The van der Waals surface area contributed by atoms with Crippen LogP contribution in [-0.2, 0) is 10.9 Å². The van der Waals surface area contributed by atoms with Crippen LogP contribution in [0.3, 0.4) is 0 Å². The van der Waals surface area contributed by atoms with Crippen LogP contribution in [0.5, 0.6) is 0 Å². The van der Waals surface area contributed by atoms with E-state index >= 15 is 0 Å². The molecule has 2 rings (SSSR count). The first-order chi connectivity index (χ1) is 10.2. The van der Waals surface area contributed by atoms with Gasteiger partial charge in [-0.2, -0.15) is 18.3 Å². The Labute approximate surface area is 121 Å². The summed E-state index contributed by atoms with van der Waals surface area (Å²) >= 11 is 0. The highest BCUT2D eigenvalue weighted by Gasteiger charge is 2.32. The van der Waals surface area contributed by atoms with E-state index in [0.717, 1.165) is 30.0 Å². The number of nitro groups is 1. The van der Waals surface area contributed by atoms with Gasteiger partial charge in [-0.05, 0) is 6.07 Å². The van der Waals surface area contributed by atoms with Crippen molar-refractivity contribution in [3.8, 4) is 5.69 Å². The van der Waals surface area contributed by atoms with Gasteiger partial charge < -0.3 is 4.74 Å². The lowest BCUT2D eigenvalue weighted by Gasteiger charge is -2.08. The topological polar surface area (TPSA) is 87.3 Å². The highest BCUT2D eigenvalue weighted by Crippen LogP contribution is 2.30. The molecule has 0 unspecified atom stereocenters. The van der Waals surface area contributed by atoms with Gasteiger partial charge in [0.05, 0.1) is 35.0 Å². The van der Waals surface area contributed by atoms with E-state index in [0.29, 0.717) is 12.4 Å². The molecule has 116 valence electrons. The lowest BCUT2D eigenvalue weighted by Crippen LogP contribution is -2.09. The Bertz CT molecular complexity index is 739. The second-order valence-electron chi connectivity index (χ2n) is 4.12. The quantitative estimate of drug-likeness (QED) is 0.493. The Kier molecular flexibility index (Phi) is 3.85. The van der Waals surface area contributed by atoms with Crippen molar-refractivity contribution in [3.05, 3.63) is 51.8 Å². The molecule has 1 heterocycles. The summed E-state index contributed by atoms with van der Waals surface area (Å²) in [7, 11) is 1.05. The van der Waals surface area contributed by atoms with Gasteiger partial charge in [0, 0.05) is 18.3 Å². The minimum absolute atomic E-state index is 0.0621. The number of hydrogen-bond acceptors (Lipinski definition) is 5. The van der Waals surface area contributed by atoms with Gasteiger partial charge in [0.25, 0.3) is 5.69 Å². The van der Waals surface area contributed by atoms with Gasteiger partial charge in [0.1, 0.15) is 0 Å². The molecule has 0 radical (unpaired) electrons. The standard InChI is InChI=1S/C12H8F3N3O4/c1-22-11(19)9-4-8(18(20)21)2-3-10(9)17-6-7(5-16-17)12(13,14)15/h2-6H,1H3. The predicted molar refractivity (Wildman–Crippen MR) is 66.6 cm³/mol. The number of ether oxygens (including phenoxy) is 1. The highest BCUT2D eigenvalue weighted by molar-refractivity contribution is 5.94. The monoisotopic (exact) mass is 315 g/mol. The van der Waals surface area contributed by atoms with E-state index in [1.54, 1.807) is 0 Å². The zero-order valence-electron chi connectivity index (χ0n) is 11.0. The average Bonchev–Trinajstić information content (AvgIpc) is 2.95. The van der Waals surface area contributed by atoms with Gasteiger partial charge in [-0.15, -0.1) is 0 Å². The number of nitro benzene ring substituents is 1. The van der Waals surface area contributed by atoms with Crippen LogP contribution in [0.2, 0.25) is 0 Å². The van der Waals surface area contributed by atoms with Gasteiger partial charge in [0.15, 0.2) is 0 Å². The molecule has 0 saturated carbocycles. The first kappa shape index (κ1) is 15.5. The number of esters is 1. The van der Waals surface area contributed by atoms with Crippen molar-refractivity contribution in [2.24, 2.45) is 0 Å². The van der Waals surface area contributed by atoms with Crippen molar-refractivity contribution < 1.29 is 27.6 Å². The van der Waals surface area contributed by atoms with E-state index in [9.17, 15) is 28.1 Å². The summed E-state index contributed by atoms with van der Waals surface area (Å²) in [6.45, 7) is 0. The Hall–Kier alpha value is -2.91. The van der Waals surface area contributed by atoms with Crippen molar-refractivity contribution in [2.45, 2.75) is 6.18 Å². The van der Waals surface area contributed by atoms with Crippen LogP contribution in [0.15, 0.2) is 30.6 Å². The number of carbonyl (C=O) groups excluding carboxylic acids is 1. The smallest absolute Gasteiger partial charge is 0.419 e. The third-order valence-electron chi connectivity index (χ3n) is 2.75. The molecule has 10 heteroatoms. The predicted octanol–water partition coefficient (Wildman–Crippen LogP) is 2.59. The molecule has 0 aliphatic heterocycles. The largest absolute Gasteiger partial charge is 0.465 e. The van der Waals surface area contributed by atoms with Crippen LogP contribution in [0.4, 0.5) is 18.9 Å². The number of rotatable bonds is 3. The van der Waals surface area contributed by atoms with E-state index in [2.05, 4.69) is 9.84 Å². The fourth-order valence-electron chi connectivity index (χ4n) is 1.71. The number of halogens is 3. The van der Waals surface area contributed by atoms with Crippen molar-refractivity contribution in [1.82, 2.24) is 9.78 Å². The van der Waals surface area contributed by atoms with Gasteiger partial charge in [0.2, 0.25) is 0 Å². The molecule has 0 atom stereocenters. The normalized spacial score (nSPS) is 11.3. The van der Waals surface area contributed by atoms with E-state index in [1.165, 1.54) is 0 Å². The van der Waals surface area contributed by atoms with E-state index in [1.807, 2.05) is 0 Å². The molecule has 1 aromatic heterocycles. The molecule has 0 N–H and O–H groups in total. The van der Waals surface area contributed by atoms with Crippen molar-refractivity contribution in [1.29, 1.82) is 0 Å². The van der Waals surface area contributed by atoms with Crippen LogP contribution in [-0.4, -0.2) is 27.8 Å². The number of hydrogen-bond donors (Lipinski definition) is 0. The zero-order valence-corrected chi connectivity index (χ0v) is 11.0. The van der Waals surface area contributed by atoms with Crippen LogP contribution < -0.4 is 0 Å². The van der Waals surface area contributed by atoms with E-state index < -0.39 is 28.3 Å². The van der Waals surface area contributed by atoms with Gasteiger partial charge in [-0.1, -0.05) is 0 Å². The molecule has 0 bridgehead atoms.